The average molecular weight is 230 g/mol. The third-order valence-corrected chi connectivity index (χ3v) is 3.03. The second-order valence-electron chi connectivity index (χ2n) is 4.05. The Labute approximate surface area is 102 Å². The molecule has 2 rings (SSSR count). The molecule has 17 heavy (non-hydrogen) atoms. The van der Waals surface area contributed by atoms with Gasteiger partial charge >= 0.3 is 0 Å². The molecule has 1 unspecified atom stereocenters. The number of rotatable bonds is 4. The molecule has 1 heterocycles. The molecule has 0 spiro atoms. The van der Waals surface area contributed by atoms with Crippen LogP contribution in [0.3, 0.4) is 0 Å². The standard InChI is InChI=1S/C13H18N4/c1-4-17-12(9-15-16-17)13(14-3)11-8-6-5-7-10(11)2/h5-9,13-14H,4H2,1-3H3. The van der Waals surface area contributed by atoms with Crippen LogP contribution in [0.1, 0.15) is 29.8 Å². The molecule has 4 nitrogen and oxygen atoms in total. The van der Waals surface area contributed by atoms with Crippen LogP contribution >= 0.6 is 0 Å². The predicted molar refractivity (Wildman–Crippen MR) is 67.8 cm³/mol. The van der Waals surface area contributed by atoms with E-state index in [1.54, 1.807) is 0 Å². The summed E-state index contributed by atoms with van der Waals surface area (Å²) in [5.41, 5.74) is 3.65. The summed E-state index contributed by atoms with van der Waals surface area (Å²) in [5.74, 6) is 0. The van der Waals surface area contributed by atoms with Crippen molar-refractivity contribution in [3.05, 3.63) is 47.3 Å². The van der Waals surface area contributed by atoms with Crippen molar-refractivity contribution in [2.45, 2.75) is 26.4 Å². The quantitative estimate of drug-likeness (QED) is 0.872. The molecule has 1 aromatic heterocycles. The van der Waals surface area contributed by atoms with Crippen molar-refractivity contribution in [3.63, 3.8) is 0 Å². The van der Waals surface area contributed by atoms with Gasteiger partial charge in [0.15, 0.2) is 0 Å². The molecule has 4 heteroatoms. The molecule has 1 atom stereocenters. The van der Waals surface area contributed by atoms with Crippen LogP contribution in [0.15, 0.2) is 30.5 Å². The maximum atomic E-state index is 4.09. The van der Waals surface area contributed by atoms with Gasteiger partial charge in [-0.2, -0.15) is 0 Å². The molecular weight excluding hydrogens is 212 g/mol. The molecule has 2 aromatic rings. The van der Waals surface area contributed by atoms with Crippen LogP contribution in [-0.2, 0) is 6.54 Å². The molecule has 0 fully saturated rings. The zero-order valence-electron chi connectivity index (χ0n) is 10.5. The Morgan fingerprint density at radius 1 is 1.35 bits per heavy atom. The van der Waals surface area contributed by atoms with Gasteiger partial charge < -0.3 is 5.32 Å². The van der Waals surface area contributed by atoms with Crippen molar-refractivity contribution < 1.29 is 0 Å². The second kappa shape index (κ2) is 5.10. The van der Waals surface area contributed by atoms with Gasteiger partial charge in [-0.15, -0.1) is 5.10 Å². The van der Waals surface area contributed by atoms with E-state index in [2.05, 4.69) is 53.7 Å². The van der Waals surface area contributed by atoms with E-state index in [0.29, 0.717) is 0 Å². The number of benzene rings is 1. The lowest BCUT2D eigenvalue weighted by atomic mass is 9.99. The largest absolute Gasteiger partial charge is 0.308 e. The molecule has 90 valence electrons. The van der Waals surface area contributed by atoms with Crippen LogP contribution in [0.5, 0.6) is 0 Å². The zero-order chi connectivity index (χ0) is 12.3. The van der Waals surface area contributed by atoms with Crippen molar-refractivity contribution >= 4 is 0 Å². The highest BCUT2D eigenvalue weighted by Crippen LogP contribution is 2.23. The average Bonchev–Trinajstić information content (AvgIpc) is 2.81. The molecule has 0 saturated carbocycles. The van der Waals surface area contributed by atoms with Gasteiger partial charge in [0.1, 0.15) is 0 Å². The fourth-order valence-electron chi connectivity index (χ4n) is 2.11. The van der Waals surface area contributed by atoms with E-state index in [4.69, 9.17) is 0 Å². The Kier molecular flexibility index (Phi) is 3.54. The molecule has 0 bridgehead atoms. The number of nitrogens with one attached hydrogen (secondary N) is 1. The summed E-state index contributed by atoms with van der Waals surface area (Å²) in [5, 5.41) is 11.4. The van der Waals surface area contributed by atoms with Crippen LogP contribution < -0.4 is 5.32 Å². The number of nitrogens with zero attached hydrogens (tertiary/aromatic N) is 3. The summed E-state index contributed by atoms with van der Waals surface area (Å²) in [7, 11) is 1.96. The van der Waals surface area contributed by atoms with E-state index in [9.17, 15) is 0 Å². The molecular formula is C13H18N4. The summed E-state index contributed by atoms with van der Waals surface area (Å²) in [6.45, 7) is 5.03. The van der Waals surface area contributed by atoms with E-state index in [0.717, 1.165) is 12.2 Å². The maximum absolute atomic E-state index is 4.09. The van der Waals surface area contributed by atoms with E-state index in [1.165, 1.54) is 11.1 Å². The lowest BCUT2D eigenvalue weighted by molar-refractivity contribution is 0.551. The Bertz CT molecular complexity index is 490. The van der Waals surface area contributed by atoms with Crippen molar-refractivity contribution in [3.8, 4) is 0 Å². The number of aryl methyl sites for hydroxylation is 2. The van der Waals surface area contributed by atoms with Gasteiger partial charge in [-0.25, -0.2) is 4.68 Å². The van der Waals surface area contributed by atoms with Crippen LogP contribution in [0.25, 0.3) is 0 Å². The van der Waals surface area contributed by atoms with Gasteiger partial charge in [-0.1, -0.05) is 29.5 Å². The van der Waals surface area contributed by atoms with Gasteiger partial charge in [0.05, 0.1) is 17.9 Å². The van der Waals surface area contributed by atoms with Gasteiger partial charge in [0.2, 0.25) is 0 Å². The van der Waals surface area contributed by atoms with Crippen molar-refractivity contribution in [2.75, 3.05) is 7.05 Å². The van der Waals surface area contributed by atoms with Crippen molar-refractivity contribution in [2.24, 2.45) is 0 Å². The first-order valence-corrected chi connectivity index (χ1v) is 5.89. The highest BCUT2D eigenvalue weighted by Gasteiger charge is 2.18. The minimum absolute atomic E-state index is 0.145. The molecule has 0 aliphatic rings. The van der Waals surface area contributed by atoms with E-state index in [1.807, 2.05) is 17.9 Å². The van der Waals surface area contributed by atoms with E-state index < -0.39 is 0 Å². The van der Waals surface area contributed by atoms with Crippen LogP contribution in [0.4, 0.5) is 0 Å². The third kappa shape index (κ3) is 2.22. The van der Waals surface area contributed by atoms with Gasteiger partial charge in [0.25, 0.3) is 0 Å². The van der Waals surface area contributed by atoms with Gasteiger partial charge in [-0.3, -0.25) is 0 Å². The molecule has 0 saturated heterocycles. The number of hydrogen-bond acceptors (Lipinski definition) is 3. The Morgan fingerprint density at radius 3 is 2.76 bits per heavy atom. The first-order chi connectivity index (χ1) is 8.27. The smallest absolute Gasteiger partial charge is 0.0801 e. The maximum Gasteiger partial charge on any atom is 0.0801 e. The van der Waals surface area contributed by atoms with E-state index >= 15 is 0 Å². The van der Waals surface area contributed by atoms with Crippen LogP contribution in [0, 0.1) is 6.92 Å². The zero-order valence-corrected chi connectivity index (χ0v) is 10.5. The Morgan fingerprint density at radius 2 is 2.12 bits per heavy atom. The molecule has 1 N–H and O–H groups in total. The summed E-state index contributed by atoms with van der Waals surface area (Å²) >= 11 is 0. The first kappa shape index (κ1) is 11.8. The first-order valence-electron chi connectivity index (χ1n) is 5.89. The fraction of sp³-hybridized carbons (Fsp3) is 0.385. The second-order valence-corrected chi connectivity index (χ2v) is 4.05. The summed E-state index contributed by atoms with van der Waals surface area (Å²) in [4.78, 5) is 0. The van der Waals surface area contributed by atoms with Crippen molar-refractivity contribution in [1.29, 1.82) is 0 Å². The third-order valence-electron chi connectivity index (χ3n) is 3.03. The van der Waals surface area contributed by atoms with Crippen LogP contribution in [0.2, 0.25) is 0 Å². The highest BCUT2D eigenvalue weighted by atomic mass is 15.4. The molecule has 0 aliphatic heterocycles. The topological polar surface area (TPSA) is 42.7 Å². The Balaban J connectivity index is 2.44. The fourth-order valence-corrected chi connectivity index (χ4v) is 2.11. The lowest BCUT2D eigenvalue weighted by Gasteiger charge is -2.19. The monoisotopic (exact) mass is 230 g/mol. The van der Waals surface area contributed by atoms with Crippen LogP contribution in [-0.4, -0.2) is 22.0 Å². The van der Waals surface area contributed by atoms with Crippen molar-refractivity contribution in [1.82, 2.24) is 20.3 Å². The SMILES string of the molecule is CCn1nncc1C(NC)c1ccccc1C. The Hall–Kier alpha value is -1.68. The molecule has 0 radical (unpaired) electrons. The molecule has 0 aliphatic carbocycles. The lowest BCUT2D eigenvalue weighted by Crippen LogP contribution is -2.22. The normalized spacial score (nSPS) is 12.6. The summed E-state index contributed by atoms with van der Waals surface area (Å²) in [6, 6.07) is 8.53. The minimum Gasteiger partial charge on any atom is -0.308 e. The summed E-state index contributed by atoms with van der Waals surface area (Å²) in [6.07, 6.45) is 1.83. The molecule has 0 amide bonds. The minimum atomic E-state index is 0.145. The van der Waals surface area contributed by atoms with Gasteiger partial charge in [-0.05, 0) is 32.0 Å². The number of aromatic nitrogens is 3. The number of hydrogen-bond donors (Lipinski definition) is 1. The highest BCUT2D eigenvalue weighted by molar-refractivity contribution is 5.33. The molecule has 1 aromatic carbocycles. The van der Waals surface area contributed by atoms with Gasteiger partial charge in [0, 0.05) is 6.54 Å². The summed E-state index contributed by atoms with van der Waals surface area (Å²) < 4.78 is 1.92. The van der Waals surface area contributed by atoms with E-state index in [-0.39, 0.29) is 6.04 Å². The predicted octanol–water partition coefficient (Wildman–Crippen LogP) is 1.92.